The zero-order chi connectivity index (χ0) is 19.0. The van der Waals surface area contributed by atoms with E-state index in [4.69, 9.17) is 4.74 Å². The van der Waals surface area contributed by atoms with Gasteiger partial charge in [-0.25, -0.2) is 8.42 Å². The normalized spacial score (nSPS) is 19.3. The molecule has 0 aliphatic carbocycles. The van der Waals surface area contributed by atoms with Crippen molar-refractivity contribution in [1.82, 2.24) is 10.2 Å². The summed E-state index contributed by atoms with van der Waals surface area (Å²) in [7, 11) is -1.30. The molecule has 26 heavy (non-hydrogen) atoms. The lowest BCUT2D eigenvalue weighted by atomic mass is 10.2. The Labute approximate surface area is 157 Å². The van der Waals surface area contributed by atoms with Gasteiger partial charge in [-0.05, 0) is 32.3 Å². The minimum absolute atomic E-state index is 0.175. The number of nitrogens with zero attached hydrogens (tertiary/aromatic N) is 2. The van der Waals surface area contributed by atoms with Gasteiger partial charge >= 0.3 is 0 Å². The third-order valence-electron chi connectivity index (χ3n) is 4.66. The summed E-state index contributed by atoms with van der Waals surface area (Å²) in [5, 5.41) is 3.34. The van der Waals surface area contributed by atoms with Gasteiger partial charge in [0.1, 0.15) is 0 Å². The van der Waals surface area contributed by atoms with Crippen LogP contribution in [0, 0.1) is 0 Å². The van der Waals surface area contributed by atoms with E-state index < -0.39 is 14.6 Å². The standard InChI is InChI=1S/C19H31N3O3S/c1-19(2)16-22(12-14-26(19,23)24)18(20-3)21-11-7-8-13-25-15-17-9-5-4-6-10-17/h4-6,9-10H,7-8,11-16H2,1-3H3,(H,20,21). The fraction of sp³-hybridized carbons (Fsp3) is 0.632. The van der Waals surface area contributed by atoms with Crippen molar-refractivity contribution >= 4 is 15.8 Å². The predicted molar refractivity (Wildman–Crippen MR) is 106 cm³/mol. The molecule has 0 radical (unpaired) electrons. The summed E-state index contributed by atoms with van der Waals surface area (Å²) in [6.07, 6.45) is 1.94. The number of rotatable bonds is 7. The molecule has 1 heterocycles. The molecule has 0 amide bonds. The lowest BCUT2D eigenvalue weighted by molar-refractivity contribution is 0.117. The molecule has 2 rings (SSSR count). The average Bonchev–Trinajstić information content (AvgIpc) is 2.61. The summed E-state index contributed by atoms with van der Waals surface area (Å²) in [6, 6.07) is 10.2. The van der Waals surface area contributed by atoms with Crippen LogP contribution in [0.15, 0.2) is 35.3 Å². The van der Waals surface area contributed by atoms with Crippen molar-refractivity contribution in [3.8, 4) is 0 Å². The van der Waals surface area contributed by atoms with Crippen LogP contribution in [-0.2, 0) is 21.2 Å². The molecular formula is C19H31N3O3S. The van der Waals surface area contributed by atoms with Gasteiger partial charge in [0.05, 0.1) is 17.1 Å². The van der Waals surface area contributed by atoms with Gasteiger partial charge in [-0.3, -0.25) is 4.99 Å². The van der Waals surface area contributed by atoms with Crippen molar-refractivity contribution in [2.45, 2.75) is 38.0 Å². The van der Waals surface area contributed by atoms with Gasteiger partial charge in [-0.15, -0.1) is 0 Å². The van der Waals surface area contributed by atoms with Gasteiger partial charge in [-0.1, -0.05) is 30.3 Å². The van der Waals surface area contributed by atoms with Crippen molar-refractivity contribution in [2.24, 2.45) is 4.99 Å². The Morgan fingerprint density at radius 2 is 2.00 bits per heavy atom. The molecule has 1 saturated heterocycles. The van der Waals surface area contributed by atoms with Gasteiger partial charge in [0.15, 0.2) is 15.8 Å². The van der Waals surface area contributed by atoms with Gasteiger partial charge in [0.2, 0.25) is 0 Å². The number of sulfone groups is 1. The zero-order valence-electron chi connectivity index (χ0n) is 16.1. The van der Waals surface area contributed by atoms with Crippen LogP contribution in [-0.4, -0.2) is 63.1 Å². The highest BCUT2D eigenvalue weighted by molar-refractivity contribution is 7.92. The second-order valence-corrected chi connectivity index (χ2v) is 9.96. The Morgan fingerprint density at radius 1 is 1.27 bits per heavy atom. The summed E-state index contributed by atoms with van der Waals surface area (Å²) in [5.41, 5.74) is 1.19. The van der Waals surface area contributed by atoms with Crippen molar-refractivity contribution in [3.05, 3.63) is 35.9 Å². The number of nitrogens with one attached hydrogen (secondary N) is 1. The van der Waals surface area contributed by atoms with E-state index in [1.165, 1.54) is 5.56 Å². The van der Waals surface area contributed by atoms with Crippen LogP contribution in [0.25, 0.3) is 0 Å². The first-order chi connectivity index (χ1) is 12.4. The minimum atomic E-state index is -3.04. The number of aliphatic imine (C=N–C) groups is 1. The second-order valence-electron chi connectivity index (χ2n) is 7.22. The fourth-order valence-corrected chi connectivity index (χ4v) is 4.32. The molecule has 1 aromatic carbocycles. The van der Waals surface area contributed by atoms with Gasteiger partial charge in [0.25, 0.3) is 0 Å². The lowest BCUT2D eigenvalue weighted by Gasteiger charge is -2.39. The van der Waals surface area contributed by atoms with Gasteiger partial charge in [-0.2, -0.15) is 0 Å². The largest absolute Gasteiger partial charge is 0.377 e. The van der Waals surface area contributed by atoms with Crippen molar-refractivity contribution < 1.29 is 13.2 Å². The maximum Gasteiger partial charge on any atom is 0.193 e. The predicted octanol–water partition coefficient (Wildman–Crippen LogP) is 2.07. The zero-order valence-corrected chi connectivity index (χ0v) is 16.9. The van der Waals surface area contributed by atoms with E-state index in [1.54, 1.807) is 20.9 Å². The smallest absolute Gasteiger partial charge is 0.193 e. The van der Waals surface area contributed by atoms with E-state index in [0.29, 0.717) is 19.7 Å². The highest BCUT2D eigenvalue weighted by atomic mass is 32.2. The average molecular weight is 382 g/mol. The van der Waals surface area contributed by atoms with Crippen LogP contribution in [0.4, 0.5) is 0 Å². The highest BCUT2D eigenvalue weighted by Crippen LogP contribution is 2.23. The molecule has 0 unspecified atom stereocenters. The molecule has 6 nitrogen and oxygen atoms in total. The molecule has 7 heteroatoms. The molecule has 1 aromatic rings. The molecule has 1 fully saturated rings. The SMILES string of the molecule is CN=C(NCCCCOCc1ccccc1)N1CCS(=O)(=O)C(C)(C)C1. The molecule has 0 bridgehead atoms. The summed E-state index contributed by atoms with van der Waals surface area (Å²) in [6.45, 7) is 6.70. The first kappa shape index (κ1) is 20.7. The van der Waals surface area contributed by atoms with Crippen molar-refractivity contribution in [1.29, 1.82) is 0 Å². The first-order valence-electron chi connectivity index (χ1n) is 9.15. The number of hydrogen-bond acceptors (Lipinski definition) is 4. The van der Waals surface area contributed by atoms with E-state index >= 15 is 0 Å². The molecule has 0 saturated carbocycles. The monoisotopic (exact) mass is 381 g/mol. The third-order valence-corrected chi connectivity index (χ3v) is 7.20. The first-order valence-corrected chi connectivity index (χ1v) is 10.8. The number of unbranched alkanes of at least 4 members (excludes halogenated alkanes) is 1. The molecule has 0 atom stereocenters. The van der Waals surface area contributed by atoms with Gasteiger partial charge < -0.3 is 15.0 Å². The Balaban J connectivity index is 1.65. The minimum Gasteiger partial charge on any atom is -0.377 e. The number of ether oxygens (including phenoxy) is 1. The maximum absolute atomic E-state index is 12.1. The summed E-state index contributed by atoms with van der Waals surface area (Å²) >= 11 is 0. The molecule has 1 N–H and O–H groups in total. The number of guanidine groups is 1. The second kappa shape index (κ2) is 9.37. The summed E-state index contributed by atoms with van der Waals surface area (Å²) < 4.78 is 29.2. The van der Waals surface area contributed by atoms with Crippen LogP contribution in [0.5, 0.6) is 0 Å². The van der Waals surface area contributed by atoms with Gasteiger partial charge in [0, 0.05) is 33.3 Å². The Morgan fingerprint density at radius 3 is 2.65 bits per heavy atom. The molecular weight excluding hydrogens is 350 g/mol. The lowest BCUT2D eigenvalue weighted by Crippen LogP contribution is -2.57. The van der Waals surface area contributed by atoms with Crippen LogP contribution < -0.4 is 5.32 Å². The van der Waals surface area contributed by atoms with E-state index in [2.05, 4.69) is 22.4 Å². The third kappa shape index (κ3) is 5.71. The Bertz CT molecular complexity index is 687. The molecule has 146 valence electrons. The van der Waals surface area contributed by atoms with Crippen molar-refractivity contribution in [2.75, 3.05) is 39.0 Å². The summed E-state index contributed by atoms with van der Waals surface area (Å²) in [4.78, 5) is 6.34. The molecule has 1 aliphatic heterocycles. The van der Waals surface area contributed by atoms with Crippen LogP contribution in [0.2, 0.25) is 0 Å². The molecule has 1 aliphatic rings. The van der Waals surface area contributed by atoms with E-state index in [-0.39, 0.29) is 5.75 Å². The van der Waals surface area contributed by atoms with Crippen LogP contribution >= 0.6 is 0 Å². The van der Waals surface area contributed by atoms with Crippen LogP contribution in [0.3, 0.4) is 0 Å². The number of benzene rings is 1. The number of hydrogen-bond donors (Lipinski definition) is 1. The Hall–Kier alpha value is -1.60. The van der Waals surface area contributed by atoms with E-state index in [9.17, 15) is 8.42 Å². The van der Waals surface area contributed by atoms with E-state index in [0.717, 1.165) is 32.0 Å². The summed E-state index contributed by atoms with van der Waals surface area (Å²) in [5.74, 6) is 0.951. The molecule has 0 spiro atoms. The van der Waals surface area contributed by atoms with Crippen LogP contribution in [0.1, 0.15) is 32.3 Å². The molecule has 0 aromatic heterocycles. The Kier molecular flexibility index (Phi) is 7.46. The van der Waals surface area contributed by atoms with E-state index in [1.807, 2.05) is 23.1 Å². The quantitative estimate of drug-likeness (QED) is 0.445. The maximum atomic E-state index is 12.1. The fourth-order valence-electron chi connectivity index (χ4n) is 2.95. The topological polar surface area (TPSA) is 71.0 Å². The van der Waals surface area contributed by atoms with Crippen molar-refractivity contribution in [3.63, 3.8) is 0 Å². The highest BCUT2D eigenvalue weighted by Gasteiger charge is 2.40.